The molecule has 148 valence electrons. The van der Waals surface area contributed by atoms with E-state index in [9.17, 15) is 9.59 Å². The van der Waals surface area contributed by atoms with Crippen LogP contribution >= 0.6 is 0 Å². The minimum Gasteiger partial charge on any atom is -0.459 e. The molecular formula is C23H28N2O3. The topological polar surface area (TPSA) is 62.6 Å². The average molecular weight is 380 g/mol. The van der Waals surface area contributed by atoms with Crippen molar-refractivity contribution in [2.24, 2.45) is 5.92 Å². The van der Waals surface area contributed by atoms with Gasteiger partial charge in [0.05, 0.1) is 6.26 Å². The first kappa shape index (κ1) is 18.8. The van der Waals surface area contributed by atoms with Crippen LogP contribution in [0.25, 0.3) is 0 Å². The molecule has 1 aromatic carbocycles. The molecule has 0 atom stereocenters. The summed E-state index contributed by atoms with van der Waals surface area (Å²) in [4.78, 5) is 27.0. The zero-order valence-corrected chi connectivity index (χ0v) is 16.2. The number of amides is 2. The summed E-state index contributed by atoms with van der Waals surface area (Å²) in [7, 11) is 0. The first-order valence-corrected chi connectivity index (χ1v) is 10.3. The molecule has 0 bridgehead atoms. The summed E-state index contributed by atoms with van der Waals surface area (Å²) in [5, 5.41) is 3.24. The fourth-order valence-corrected chi connectivity index (χ4v) is 4.71. The van der Waals surface area contributed by atoms with Gasteiger partial charge in [-0.25, -0.2) is 0 Å². The molecule has 1 aromatic heterocycles. The molecule has 2 amide bonds. The van der Waals surface area contributed by atoms with Crippen LogP contribution in [0, 0.1) is 5.92 Å². The number of benzene rings is 1. The van der Waals surface area contributed by atoms with E-state index in [1.807, 2.05) is 6.07 Å². The van der Waals surface area contributed by atoms with E-state index < -0.39 is 0 Å². The van der Waals surface area contributed by atoms with Gasteiger partial charge in [0.1, 0.15) is 0 Å². The van der Waals surface area contributed by atoms with Crippen molar-refractivity contribution in [2.45, 2.75) is 43.9 Å². The van der Waals surface area contributed by atoms with Gasteiger partial charge >= 0.3 is 0 Å². The molecule has 2 aromatic rings. The van der Waals surface area contributed by atoms with Crippen molar-refractivity contribution in [3.8, 4) is 0 Å². The van der Waals surface area contributed by atoms with Crippen molar-refractivity contribution in [3.63, 3.8) is 0 Å². The second-order valence-corrected chi connectivity index (χ2v) is 8.12. The quantitative estimate of drug-likeness (QED) is 0.859. The van der Waals surface area contributed by atoms with Crippen LogP contribution in [0.2, 0.25) is 0 Å². The van der Waals surface area contributed by atoms with Crippen molar-refractivity contribution in [1.29, 1.82) is 0 Å². The number of nitrogens with zero attached hydrogens (tertiary/aromatic N) is 1. The Labute approximate surface area is 166 Å². The van der Waals surface area contributed by atoms with Crippen molar-refractivity contribution >= 4 is 11.8 Å². The van der Waals surface area contributed by atoms with E-state index in [0.717, 1.165) is 12.8 Å². The van der Waals surface area contributed by atoms with Crippen LogP contribution in [0.15, 0.2) is 53.1 Å². The highest BCUT2D eigenvalue weighted by Crippen LogP contribution is 2.40. The molecule has 1 saturated heterocycles. The highest BCUT2D eigenvalue weighted by Gasteiger charge is 2.37. The summed E-state index contributed by atoms with van der Waals surface area (Å²) in [5.74, 6) is 0.397. The van der Waals surface area contributed by atoms with Crippen molar-refractivity contribution in [1.82, 2.24) is 10.2 Å². The van der Waals surface area contributed by atoms with Crippen LogP contribution in [0.3, 0.4) is 0 Å². The second kappa shape index (κ2) is 8.21. The Morgan fingerprint density at radius 1 is 1.04 bits per heavy atom. The van der Waals surface area contributed by atoms with Crippen LogP contribution in [-0.2, 0) is 10.2 Å². The minimum absolute atomic E-state index is 0.0186. The number of likely N-dealkylation sites (tertiary alicyclic amines) is 1. The largest absolute Gasteiger partial charge is 0.459 e. The molecule has 0 spiro atoms. The summed E-state index contributed by atoms with van der Waals surface area (Å²) < 4.78 is 5.20. The van der Waals surface area contributed by atoms with Gasteiger partial charge in [0.2, 0.25) is 5.91 Å². The van der Waals surface area contributed by atoms with Gasteiger partial charge < -0.3 is 14.6 Å². The number of hydrogen-bond donors (Lipinski definition) is 1. The van der Waals surface area contributed by atoms with Gasteiger partial charge in [0.25, 0.3) is 5.91 Å². The molecule has 5 nitrogen and oxygen atoms in total. The fourth-order valence-electron chi connectivity index (χ4n) is 4.71. The molecule has 1 N–H and O–H groups in total. The van der Waals surface area contributed by atoms with Crippen LogP contribution in [-0.4, -0.2) is 36.3 Å². The Bertz CT molecular complexity index is 787. The van der Waals surface area contributed by atoms with Gasteiger partial charge in [-0.2, -0.15) is 0 Å². The summed E-state index contributed by atoms with van der Waals surface area (Å²) in [5.41, 5.74) is 1.42. The minimum atomic E-state index is -0.0853. The predicted molar refractivity (Wildman–Crippen MR) is 107 cm³/mol. The molecule has 28 heavy (non-hydrogen) atoms. The number of nitrogens with one attached hydrogen (secondary N) is 1. The number of piperidine rings is 1. The van der Waals surface area contributed by atoms with Gasteiger partial charge in [-0.3, -0.25) is 9.59 Å². The average Bonchev–Trinajstić information content (AvgIpc) is 3.45. The van der Waals surface area contributed by atoms with E-state index in [2.05, 4.69) is 29.6 Å². The van der Waals surface area contributed by atoms with Crippen LogP contribution in [0.5, 0.6) is 0 Å². The van der Waals surface area contributed by atoms with E-state index in [1.165, 1.54) is 24.7 Å². The van der Waals surface area contributed by atoms with Gasteiger partial charge in [0, 0.05) is 31.0 Å². The molecule has 1 aliphatic heterocycles. The summed E-state index contributed by atoms with van der Waals surface area (Å²) in [6.07, 6.45) is 7.63. The summed E-state index contributed by atoms with van der Waals surface area (Å²) >= 11 is 0. The van der Waals surface area contributed by atoms with Gasteiger partial charge in [-0.1, -0.05) is 43.2 Å². The Morgan fingerprint density at radius 3 is 2.39 bits per heavy atom. The molecule has 0 radical (unpaired) electrons. The maximum Gasteiger partial charge on any atom is 0.289 e. The molecule has 2 fully saturated rings. The molecular weight excluding hydrogens is 352 g/mol. The highest BCUT2D eigenvalue weighted by molar-refractivity contribution is 5.91. The third-order valence-electron chi connectivity index (χ3n) is 6.43. The van der Waals surface area contributed by atoms with Crippen LogP contribution in [0.1, 0.15) is 54.6 Å². The van der Waals surface area contributed by atoms with Crippen molar-refractivity contribution in [3.05, 3.63) is 60.1 Å². The highest BCUT2D eigenvalue weighted by atomic mass is 16.3. The molecule has 2 aliphatic rings. The molecule has 4 rings (SSSR count). The number of carbonyl (C=O) groups excluding carboxylic acids is 2. The lowest BCUT2D eigenvalue weighted by Crippen LogP contribution is -2.45. The van der Waals surface area contributed by atoms with E-state index in [1.54, 1.807) is 17.0 Å². The smallest absolute Gasteiger partial charge is 0.289 e. The maximum absolute atomic E-state index is 12.8. The lowest BCUT2D eigenvalue weighted by Gasteiger charge is -2.33. The predicted octanol–water partition coefficient (Wildman–Crippen LogP) is 3.76. The molecule has 0 unspecified atom stereocenters. The fraction of sp³-hybridized carbons (Fsp3) is 0.478. The first-order chi connectivity index (χ1) is 13.7. The van der Waals surface area contributed by atoms with Crippen LogP contribution < -0.4 is 5.32 Å². The van der Waals surface area contributed by atoms with E-state index in [4.69, 9.17) is 4.42 Å². The standard InChI is InChI=1S/C23H28N2O3/c26-21(18-10-14-25(15-11-18)22(27)20-9-6-16-28-20)24-17-23(12-4-5-13-23)19-7-2-1-3-8-19/h1-3,6-9,16,18H,4-5,10-15,17H2,(H,24,26). The SMILES string of the molecule is O=C(NCC1(c2ccccc2)CCCC1)C1CCN(C(=O)c2ccco2)CC1. The second-order valence-electron chi connectivity index (χ2n) is 8.12. The maximum atomic E-state index is 12.8. The zero-order chi connectivity index (χ0) is 19.4. The van der Waals surface area contributed by atoms with E-state index in [-0.39, 0.29) is 23.1 Å². The number of rotatable bonds is 5. The Hall–Kier alpha value is -2.56. The first-order valence-electron chi connectivity index (χ1n) is 10.3. The van der Waals surface area contributed by atoms with E-state index >= 15 is 0 Å². The summed E-state index contributed by atoms with van der Waals surface area (Å²) in [6, 6.07) is 14.0. The monoisotopic (exact) mass is 380 g/mol. The Morgan fingerprint density at radius 2 is 1.75 bits per heavy atom. The number of furan rings is 1. The van der Waals surface area contributed by atoms with E-state index in [0.29, 0.717) is 38.2 Å². The lowest BCUT2D eigenvalue weighted by molar-refractivity contribution is -0.126. The number of carbonyl (C=O) groups is 2. The summed E-state index contributed by atoms with van der Waals surface area (Å²) in [6.45, 7) is 1.91. The molecule has 1 aliphatic carbocycles. The molecule has 2 heterocycles. The third-order valence-corrected chi connectivity index (χ3v) is 6.43. The normalized spacial score (nSPS) is 19.5. The van der Waals surface area contributed by atoms with Gasteiger partial charge in [0.15, 0.2) is 5.76 Å². The number of hydrogen-bond acceptors (Lipinski definition) is 3. The Kier molecular flexibility index (Phi) is 5.51. The van der Waals surface area contributed by atoms with Gasteiger partial charge in [-0.05, 0) is 43.4 Å². The van der Waals surface area contributed by atoms with Gasteiger partial charge in [-0.15, -0.1) is 0 Å². The van der Waals surface area contributed by atoms with Crippen molar-refractivity contribution in [2.75, 3.05) is 19.6 Å². The third kappa shape index (κ3) is 3.84. The lowest BCUT2D eigenvalue weighted by atomic mass is 9.78. The van der Waals surface area contributed by atoms with Crippen molar-refractivity contribution < 1.29 is 14.0 Å². The molecule has 5 heteroatoms. The zero-order valence-electron chi connectivity index (χ0n) is 16.2. The molecule has 1 saturated carbocycles. The Balaban J connectivity index is 1.31. The van der Waals surface area contributed by atoms with Crippen LogP contribution in [0.4, 0.5) is 0 Å².